The lowest BCUT2D eigenvalue weighted by atomic mass is 9.95. The molecule has 3 heterocycles. The molecule has 1 aliphatic heterocycles. The normalized spacial score (nSPS) is 18.4. The first-order valence-corrected chi connectivity index (χ1v) is 9.97. The second kappa shape index (κ2) is 8.37. The van der Waals surface area contributed by atoms with Crippen molar-refractivity contribution in [1.82, 2.24) is 15.3 Å². The fraction of sp³-hybridized carbons (Fsp3) is 0.476. The smallest absolute Gasteiger partial charge is 0.251 e. The van der Waals surface area contributed by atoms with E-state index in [1.54, 1.807) is 6.20 Å². The number of amides is 1. The number of carbonyl (C=O) groups excluding carboxylic acids is 1. The summed E-state index contributed by atoms with van der Waals surface area (Å²) < 4.78 is 0. The van der Waals surface area contributed by atoms with Crippen molar-refractivity contribution in [3.63, 3.8) is 0 Å². The summed E-state index contributed by atoms with van der Waals surface area (Å²) in [7, 11) is 0. The molecule has 2 aliphatic rings. The molecule has 142 valence electrons. The summed E-state index contributed by atoms with van der Waals surface area (Å²) >= 11 is 0. The highest BCUT2D eigenvalue weighted by atomic mass is 16.1. The van der Waals surface area contributed by atoms with Crippen molar-refractivity contribution in [3.8, 4) is 0 Å². The van der Waals surface area contributed by atoms with Gasteiger partial charge in [-0.1, -0.05) is 25.3 Å². The van der Waals surface area contributed by atoms with Crippen LogP contribution in [0, 0.1) is 0 Å². The van der Waals surface area contributed by atoms with Crippen LogP contribution in [0.5, 0.6) is 0 Å². The Morgan fingerprint density at radius 1 is 0.889 bits per heavy atom. The third-order valence-electron chi connectivity index (χ3n) is 5.53. The monoisotopic (exact) mass is 365 g/mol. The zero-order valence-corrected chi connectivity index (χ0v) is 15.7. The molecule has 0 aromatic carbocycles. The van der Waals surface area contributed by atoms with E-state index in [0.29, 0.717) is 11.6 Å². The predicted molar refractivity (Wildman–Crippen MR) is 107 cm³/mol. The van der Waals surface area contributed by atoms with E-state index < -0.39 is 0 Å². The quantitative estimate of drug-likeness (QED) is 0.903. The number of pyridine rings is 2. The minimum absolute atomic E-state index is 0.0256. The average molecular weight is 365 g/mol. The van der Waals surface area contributed by atoms with Crippen LogP contribution in [0.3, 0.4) is 0 Å². The number of anilines is 2. The summed E-state index contributed by atoms with van der Waals surface area (Å²) in [6.07, 6.45) is 9.49. The van der Waals surface area contributed by atoms with Crippen molar-refractivity contribution < 1.29 is 4.79 Å². The van der Waals surface area contributed by atoms with Crippen LogP contribution in [-0.2, 0) is 0 Å². The molecule has 1 amide bonds. The molecule has 1 N–H and O–H groups in total. The number of rotatable bonds is 4. The molecule has 0 unspecified atom stereocenters. The first-order valence-electron chi connectivity index (χ1n) is 9.97. The molecule has 1 saturated heterocycles. The molecule has 27 heavy (non-hydrogen) atoms. The van der Waals surface area contributed by atoms with E-state index in [2.05, 4.69) is 25.1 Å². The maximum Gasteiger partial charge on any atom is 0.251 e. The number of piperazine rings is 1. The van der Waals surface area contributed by atoms with Gasteiger partial charge in [0.2, 0.25) is 0 Å². The molecule has 0 radical (unpaired) electrons. The van der Waals surface area contributed by atoms with Crippen molar-refractivity contribution in [3.05, 3.63) is 48.3 Å². The zero-order chi connectivity index (χ0) is 18.5. The maximum atomic E-state index is 12.6. The molecule has 0 spiro atoms. The number of hydrogen-bond donors (Lipinski definition) is 1. The SMILES string of the molecule is O=C(NC1CCCCC1)c1ccnc(N2CCN(c3ccccn3)CC2)c1. The summed E-state index contributed by atoms with van der Waals surface area (Å²) in [4.78, 5) is 26.1. The molecular formula is C21H27N5O. The van der Waals surface area contributed by atoms with Gasteiger partial charge in [0.15, 0.2) is 0 Å². The summed E-state index contributed by atoms with van der Waals surface area (Å²) in [5, 5.41) is 3.19. The Bertz CT molecular complexity index is 752. The van der Waals surface area contributed by atoms with Gasteiger partial charge in [0, 0.05) is 50.2 Å². The van der Waals surface area contributed by atoms with Gasteiger partial charge in [0.25, 0.3) is 5.91 Å². The third-order valence-corrected chi connectivity index (χ3v) is 5.53. The van der Waals surface area contributed by atoms with Gasteiger partial charge in [-0.15, -0.1) is 0 Å². The molecule has 1 saturated carbocycles. The molecule has 0 atom stereocenters. The fourth-order valence-electron chi connectivity index (χ4n) is 3.95. The van der Waals surface area contributed by atoms with Crippen LogP contribution in [0.2, 0.25) is 0 Å². The van der Waals surface area contributed by atoms with Gasteiger partial charge in [-0.3, -0.25) is 4.79 Å². The number of nitrogens with one attached hydrogen (secondary N) is 1. The lowest BCUT2D eigenvalue weighted by Gasteiger charge is -2.36. The van der Waals surface area contributed by atoms with E-state index >= 15 is 0 Å². The molecule has 1 aliphatic carbocycles. The standard InChI is InChI=1S/C21H27N5O/c27-21(24-18-6-2-1-3-7-18)17-9-11-23-20(16-17)26-14-12-25(13-15-26)19-8-4-5-10-22-19/h4-5,8-11,16,18H,1-3,6-7,12-15H2,(H,24,27). The van der Waals surface area contributed by atoms with Crippen LogP contribution in [0.15, 0.2) is 42.7 Å². The zero-order valence-electron chi connectivity index (χ0n) is 15.7. The van der Waals surface area contributed by atoms with Crippen LogP contribution >= 0.6 is 0 Å². The minimum Gasteiger partial charge on any atom is -0.353 e. The minimum atomic E-state index is 0.0256. The third kappa shape index (κ3) is 4.38. The molecule has 4 rings (SSSR count). The van der Waals surface area contributed by atoms with Crippen LogP contribution in [0.1, 0.15) is 42.5 Å². The van der Waals surface area contributed by atoms with Gasteiger partial charge in [0.05, 0.1) is 0 Å². The van der Waals surface area contributed by atoms with Crippen LogP contribution in [-0.4, -0.2) is 48.1 Å². The van der Waals surface area contributed by atoms with Crippen LogP contribution in [0.4, 0.5) is 11.6 Å². The topological polar surface area (TPSA) is 61.4 Å². The summed E-state index contributed by atoms with van der Waals surface area (Å²) in [6.45, 7) is 3.54. The highest BCUT2D eigenvalue weighted by Gasteiger charge is 2.21. The first kappa shape index (κ1) is 17.8. The van der Waals surface area contributed by atoms with Crippen molar-refractivity contribution >= 4 is 17.5 Å². The van der Waals surface area contributed by atoms with E-state index in [4.69, 9.17) is 0 Å². The summed E-state index contributed by atoms with van der Waals surface area (Å²) in [5.74, 6) is 1.93. The Balaban J connectivity index is 1.37. The molecule has 2 fully saturated rings. The molecule has 2 aromatic heterocycles. The van der Waals surface area contributed by atoms with E-state index in [1.165, 1.54) is 19.3 Å². The number of hydrogen-bond acceptors (Lipinski definition) is 5. The van der Waals surface area contributed by atoms with Gasteiger partial charge >= 0.3 is 0 Å². The molecule has 2 aromatic rings. The lowest BCUT2D eigenvalue weighted by molar-refractivity contribution is 0.0927. The average Bonchev–Trinajstić information content (AvgIpc) is 2.75. The Morgan fingerprint density at radius 2 is 1.59 bits per heavy atom. The van der Waals surface area contributed by atoms with Crippen LogP contribution < -0.4 is 15.1 Å². The lowest BCUT2D eigenvalue weighted by Crippen LogP contribution is -2.47. The van der Waals surface area contributed by atoms with Crippen molar-refractivity contribution in [2.45, 2.75) is 38.1 Å². The van der Waals surface area contributed by atoms with Gasteiger partial charge in [0.1, 0.15) is 11.6 Å². The molecule has 0 bridgehead atoms. The van der Waals surface area contributed by atoms with Gasteiger partial charge in [-0.2, -0.15) is 0 Å². The van der Waals surface area contributed by atoms with Gasteiger partial charge in [-0.25, -0.2) is 9.97 Å². The maximum absolute atomic E-state index is 12.6. The Labute approximate surface area is 160 Å². The van der Waals surface area contributed by atoms with Crippen molar-refractivity contribution in [2.24, 2.45) is 0 Å². The van der Waals surface area contributed by atoms with E-state index in [-0.39, 0.29) is 5.91 Å². The highest BCUT2D eigenvalue weighted by Crippen LogP contribution is 2.20. The first-order chi connectivity index (χ1) is 13.3. The molecular weight excluding hydrogens is 338 g/mol. The Hall–Kier alpha value is -2.63. The second-order valence-corrected chi connectivity index (χ2v) is 7.37. The second-order valence-electron chi connectivity index (χ2n) is 7.37. The van der Waals surface area contributed by atoms with Crippen molar-refractivity contribution in [2.75, 3.05) is 36.0 Å². The Kier molecular flexibility index (Phi) is 5.51. The number of carbonyl (C=O) groups is 1. The molecule has 6 nitrogen and oxygen atoms in total. The van der Waals surface area contributed by atoms with E-state index in [9.17, 15) is 4.79 Å². The largest absolute Gasteiger partial charge is 0.353 e. The summed E-state index contributed by atoms with van der Waals surface area (Å²) in [5.41, 5.74) is 0.706. The van der Waals surface area contributed by atoms with Crippen molar-refractivity contribution in [1.29, 1.82) is 0 Å². The predicted octanol–water partition coefficient (Wildman–Crippen LogP) is 2.87. The van der Waals surface area contributed by atoms with E-state index in [1.807, 2.05) is 36.5 Å². The molecule has 6 heteroatoms. The fourth-order valence-corrected chi connectivity index (χ4v) is 3.95. The van der Waals surface area contributed by atoms with Gasteiger partial charge in [-0.05, 0) is 37.1 Å². The van der Waals surface area contributed by atoms with Crippen LogP contribution in [0.25, 0.3) is 0 Å². The van der Waals surface area contributed by atoms with Gasteiger partial charge < -0.3 is 15.1 Å². The Morgan fingerprint density at radius 3 is 2.30 bits per heavy atom. The van der Waals surface area contributed by atoms with E-state index in [0.717, 1.165) is 50.7 Å². The number of aromatic nitrogens is 2. The summed E-state index contributed by atoms with van der Waals surface area (Å²) in [6, 6.07) is 10.1. The highest BCUT2D eigenvalue weighted by molar-refractivity contribution is 5.95. The number of nitrogens with zero attached hydrogens (tertiary/aromatic N) is 4.